The lowest BCUT2D eigenvalue weighted by Gasteiger charge is -2.27. The molecule has 0 amide bonds. The van der Waals surface area contributed by atoms with Gasteiger partial charge in [-0.05, 0) is 55.9 Å². The Balaban J connectivity index is 1.85. The van der Waals surface area contributed by atoms with Crippen LogP contribution in [0.2, 0.25) is 0 Å². The maximum Gasteiger partial charge on any atom is 0.123 e. The number of carbonyl (C=O) groups is 1. The Labute approximate surface area is 131 Å². The molecule has 1 saturated carbocycles. The van der Waals surface area contributed by atoms with Crippen LogP contribution < -0.4 is 0 Å². The molecule has 114 valence electrons. The van der Waals surface area contributed by atoms with E-state index in [4.69, 9.17) is 4.98 Å². The normalized spacial score (nSPS) is 21.5. The molecular weight excluding hydrogens is 272 g/mol. The van der Waals surface area contributed by atoms with E-state index in [1.807, 2.05) is 24.4 Å². The Morgan fingerprint density at radius 1 is 1.23 bits per heavy atom. The first-order valence-electron chi connectivity index (χ1n) is 8.10. The Morgan fingerprint density at radius 3 is 2.86 bits per heavy atom. The van der Waals surface area contributed by atoms with Crippen molar-refractivity contribution in [3.63, 3.8) is 0 Å². The molecule has 1 fully saturated rings. The minimum absolute atomic E-state index is 0.206. The maximum absolute atomic E-state index is 11.3. The van der Waals surface area contributed by atoms with Gasteiger partial charge in [-0.25, -0.2) is 0 Å². The summed E-state index contributed by atoms with van der Waals surface area (Å²) in [4.78, 5) is 20.3. The molecule has 0 aromatic carbocycles. The molecule has 2 aromatic heterocycles. The van der Waals surface area contributed by atoms with Crippen molar-refractivity contribution in [2.75, 3.05) is 0 Å². The molecule has 0 aliphatic heterocycles. The van der Waals surface area contributed by atoms with E-state index in [2.05, 4.69) is 18.0 Å². The van der Waals surface area contributed by atoms with Crippen molar-refractivity contribution < 1.29 is 4.79 Å². The third kappa shape index (κ3) is 3.24. The zero-order chi connectivity index (χ0) is 15.4. The quantitative estimate of drug-likeness (QED) is 0.800. The van der Waals surface area contributed by atoms with Crippen molar-refractivity contribution in [3.05, 3.63) is 47.9 Å². The fraction of sp³-hybridized carbons (Fsp3) is 0.421. The van der Waals surface area contributed by atoms with Crippen LogP contribution in [0.15, 0.2) is 36.7 Å². The fourth-order valence-electron chi connectivity index (χ4n) is 3.37. The molecule has 3 rings (SSSR count). The second kappa shape index (κ2) is 6.82. The SMILES string of the molecule is Cc1ccc(-c2cccnc2)nc1CC1CCCCC1C=O. The van der Waals surface area contributed by atoms with Gasteiger partial charge in [-0.15, -0.1) is 0 Å². The highest BCUT2D eigenvalue weighted by atomic mass is 16.1. The van der Waals surface area contributed by atoms with Crippen molar-refractivity contribution in [1.29, 1.82) is 0 Å². The van der Waals surface area contributed by atoms with E-state index in [9.17, 15) is 4.79 Å². The van der Waals surface area contributed by atoms with Gasteiger partial charge in [0.1, 0.15) is 6.29 Å². The molecule has 0 radical (unpaired) electrons. The number of rotatable bonds is 4. The van der Waals surface area contributed by atoms with Crippen LogP contribution in [0.1, 0.15) is 36.9 Å². The highest BCUT2D eigenvalue weighted by molar-refractivity contribution is 5.58. The van der Waals surface area contributed by atoms with Gasteiger partial charge in [0.25, 0.3) is 0 Å². The highest BCUT2D eigenvalue weighted by Crippen LogP contribution is 2.32. The number of aldehydes is 1. The summed E-state index contributed by atoms with van der Waals surface area (Å²) in [7, 11) is 0. The molecule has 0 saturated heterocycles. The van der Waals surface area contributed by atoms with Crippen LogP contribution in [-0.4, -0.2) is 16.3 Å². The first-order valence-corrected chi connectivity index (χ1v) is 8.10. The van der Waals surface area contributed by atoms with E-state index in [0.29, 0.717) is 5.92 Å². The zero-order valence-electron chi connectivity index (χ0n) is 13.0. The Kier molecular flexibility index (Phi) is 4.62. The molecular formula is C19H22N2O. The lowest BCUT2D eigenvalue weighted by atomic mass is 9.77. The first-order chi connectivity index (χ1) is 10.8. The van der Waals surface area contributed by atoms with Gasteiger partial charge in [-0.1, -0.05) is 18.9 Å². The van der Waals surface area contributed by atoms with Crippen molar-refractivity contribution in [2.45, 2.75) is 39.0 Å². The second-order valence-electron chi connectivity index (χ2n) is 6.25. The molecule has 2 unspecified atom stereocenters. The van der Waals surface area contributed by atoms with Crippen LogP contribution in [0, 0.1) is 18.8 Å². The molecule has 3 heteroatoms. The van der Waals surface area contributed by atoms with Gasteiger partial charge in [0, 0.05) is 29.6 Å². The van der Waals surface area contributed by atoms with Gasteiger partial charge in [0.2, 0.25) is 0 Å². The second-order valence-corrected chi connectivity index (χ2v) is 6.25. The number of nitrogens with zero attached hydrogens (tertiary/aromatic N) is 2. The summed E-state index contributed by atoms with van der Waals surface area (Å²) in [6, 6.07) is 8.14. The predicted octanol–water partition coefficient (Wildman–Crippen LogP) is 4.00. The molecule has 3 nitrogen and oxygen atoms in total. The molecule has 0 spiro atoms. The molecule has 1 aliphatic rings. The van der Waals surface area contributed by atoms with Crippen molar-refractivity contribution in [1.82, 2.24) is 9.97 Å². The van der Waals surface area contributed by atoms with E-state index < -0.39 is 0 Å². The zero-order valence-corrected chi connectivity index (χ0v) is 13.0. The summed E-state index contributed by atoms with van der Waals surface area (Å²) in [6.45, 7) is 2.11. The number of aryl methyl sites for hydroxylation is 1. The predicted molar refractivity (Wildman–Crippen MR) is 87.4 cm³/mol. The number of aromatic nitrogens is 2. The topological polar surface area (TPSA) is 42.9 Å². The standard InChI is InChI=1S/C19H22N2O/c1-14-8-9-18(16-7-4-10-20-12-16)21-19(14)11-15-5-2-3-6-17(15)13-22/h4,7-10,12-13,15,17H,2-3,5-6,11H2,1H3. The summed E-state index contributed by atoms with van der Waals surface area (Å²) >= 11 is 0. The van der Waals surface area contributed by atoms with Crippen LogP contribution in [0.5, 0.6) is 0 Å². The van der Waals surface area contributed by atoms with Crippen molar-refractivity contribution in [3.8, 4) is 11.3 Å². The molecule has 1 aliphatic carbocycles. The number of hydrogen-bond donors (Lipinski definition) is 0. The Bertz CT molecular complexity index is 639. The third-order valence-corrected chi connectivity index (χ3v) is 4.76. The summed E-state index contributed by atoms with van der Waals surface area (Å²) < 4.78 is 0. The first kappa shape index (κ1) is 14.9. The van der Waals surface area contributed by atoms with Crippen molar-refractivity contribution in [2.24, 2.45) is 11.8 Å². The monoisotopic (exact) mass is 294 g/mol. The average Bonchev–Trinajstić information content (AvgIpc) is 2.58. The summed E-state index contributed by atoms with van der Waals surface area (Å²) in [6.07, 6.45) is 10.3. The van der Waals surface area contributed by atoms with E-state index >= 15 is 0 Å². The Hall–Kier alpha value is -2.03. The summed E-state index contributed by atoms with van der Waals surface area (Å²) in [5.74, 6) is 0.651. The van der Waals surface area contributed by atoms with Crippen molar-refractivity contribution >= 4 is 6.29 Å². The van der Waals surface area contributed by atoms with Crippen LogP contribution in [-0.2, 0) is 11.2 Å². The lowest BCUT2D eigenvalue weighted by molar-refractivity contribution is -0.113. The van der Waals surface area contributed by atoms with E-state index in [0.717, 1.165) is 42.5 Å². The Morgan fingerprint density at radius 2 is 2.09 bits per heavy atom. The molecule has 22 heavy (non-hydrogen) atoms. The van der Waals surface area contributed by atoms with Crippen LogP contribution >= 0.6 is 0 Å². The van der Waals surface area contributed by atoms with Crippen LogP contribution in [0.4, 0.5) is 0 Å². The molecule has 0 bridgehead atoms. The van der Waals surface area contributed by atoms with Gasteiger partial charge in [-0.2, -0.15) is 0 Å². The number of pyridine rings is 2. The minimum Gasteiger partial charge on any atom is -0.303 e. The minimum atomic E-state index is 0.206. The molecule has 0 N–H and O–H groups in total. The maximum atomic E-state index is 11.3. The fourth-order valence-corrected chi connectivity index (χ4v) is 3.37. The van der Waals surface area contributed by atoms with Crippen LogP contribution in [0.3, 0.4) is 0 Å². The summed E-state index contributed by atoms with van der Waals surface area (Å²) in [5, 5.41) is 0. The largest absolute Gasteiger partial charge is 0.303 e. The average molecular weight is 294 g/mol. The molecule has 2 atom stereocenters. The van der Waals surface area contributed by atoms with Gasteiger partial charge in [0.15, 0.2) is 0 Å². The van der Waals surface area contributed by atoms with Crippen LogP contribution in [0.25, 0.3) is 11.3 Å². The third-order valence-electron chi connectivity index (χ3n) is 4.76. The number of carbonyl (C=O) groups excluding carboxylic acids is 1. The summed E-state index contributed by atoms with van der Waals surface area (Å²) in [5.41, 5.74) is 4.34. The number of hydrogen-bond acceptors (Lipinski definition) is 3. The van der Waals surface area contributed by atoms with Gasteiger partial charge in [-0.3, -0.25) is 9.97 Å². The van der Waals surface area contributed by atoms with Gasteiger partial charge >= 0.3 is 0 Å². The van der Waals surface area contributed by atoms with Gasteiger partial charge in [0.05, 0.1) is 5.69 Å². The van der Waals surface area contributed by atoms with E-state index in [1.54, 1.807) is 6.20 Å². The molecule has 2 aromatic rings. The smallest absolute Gasteiger partial charge is 0.123 e. The molecule has 2 heterocycles. The van der Waals surface area contributed by atoms with E-state index in [1.165, 1.54) is 18.4 Å². The highest BCUT2D eigenvalue weighted by Gasteiger charge is 2.25. The lowest BCUT2D eigenvalue weighted by Crippen LogP contribution is -2.23. The van der Waals surface area contributed by atoms with E-state index in [-0.39, 0.29) is 5.92 Å². The van der Waals surface area contributed by atoms with Gasteiger partial charge < -0.3 is 4.79 Å².